The predicted octanol–water partition coefficient (Wildman–Crippen LogP) is 2.09. The predicted molar refractivity (Wildman–Crippen MR) is 78.2 cm³/mol. The summed E-state index contributed by atoms with van der Waals surface area (Å²) < 4.78 is 17.1. The molecule has 1 aromatic carbocycles. The van der Waals surface area contributed by atoms with Gasteiger partial charge < -0.3 is 13.7 Å². The SMILES string of the molecule is CC1(C)OB(c2cc3ccccc3oc2=O)OC1(C)C. The van der Waals surface area contributed by atoms with Crippen molar-refractivity contribution >= 4 is 23.6 Å². The Kier molecular flexibility index (Phi) is 2.82. The van der Waals surface area contributed by atoms with E-state index >= 15 is 0 Å². The third-order valence-corrected chi connectivity index (χ3v) is 4.18. The van der Waals surface area contributed by atoms with Crippen LogP contribution in [0.3, 0.4) is 0 Å². The third kappa shape index (κ3) is 1.98. The fourth-order valence-corrected chi connectivity index (χ4v) is 2.21. The molecule has 2 aromatic rings. The van der Waals surface area contributed by atoms with Crippen LogP contribution in [0.15, 0.2) is 39.5 Å². The Morgan fingerprint density at radius 3 is 2.25 bits per heavy atom. The minimum atomic E-state index is -0.694. The van der Waals surface area contributed by atoms with Gasteiger partial charge in [-0.15, -0.1) is 0 Å². The third-order valence-electron chi connectivity index (χ3n) is 4.18. The molecule has 0 N–H and O–H groups in total. The highest BCUT2D eigenvalue weighted by Crippen LogP contribution is 2.36. The van der Waals surface area contributed by atoms with Crippen molar-refractivity contribution in [1.82, 2.24) is 0 Å². The quantitative estimate of drug-likeness (QED) is 0.589. The summed E-state index contributed by atoms with van der Waals surface area (Å²) in [5.41, 5.74) is -0.395. The van der Waals surface area contributed by atoms with Gasteiger partial charge in [0.2, 0.25) is 0 Å². The monoisotopic (exact) mass is 272 g/mol. The van der Waals surface area contributed by atoms with Crippen molar-refractivity contribution in [3.05, 3.63) is 40.8 Å². The molecular weight excluding hydrogens is 255 g/mol. The van der Waals surface area contributed by atoms with Gasteiger partial charge in [0.25, 0.3) is 0 Å². The number of hydrogen-bond acceptors (Lipinski definition) is 4. The van der Waals surface area contributed by atoms with E-state index in [1.165, 1.54) is 0 Å². The highest BCUT2D eigenvalue weighted by atomic mass is 16.7. The second-order valence-electron chi connectivity index (χ2n) is 6.12. The van der Waals surface area contributed by atoms with Gasteiger partial charge in [0.15, 0.2) is 0 Å². The van der Waals surface area contributed by atoms with E-state index in [0.717, 1.165) is 5.39 Å². The first-order valence-electron chi connectivity index (χ1n) is 6.69. The van der Waals surface area contributed by atoms with Crippen LogP contribution in [0.25, 0.3) is 11.0 Å². The van der Waals surface area contributed by atoms with Gasteiger partial charge in [0, 0.05) is 5.39 Å². The van der Waals surface area contributed by atoms with Gasteiger partial charge in [-0.2, -0.15) is 0 Å². The molecule has 3 rings (SSSR count). The van der Waals surface area contributed by atoms with Crippen LogP contribution in [0.2, 0.25) is 0 Å². The minimum Gasteiger partial charge on any atom is -0.423 e. The number of para-hydroxylation sites is 1. The van der Waals surface area contributed by atoms with Crippen LogP contribution in [-0.2, 0) is 9.31 Å². The Morgan fingerprint density at radius 1 is 1.00 bits per heavy atom. The molecule has 0 amide bonds. The fraction of sp³-hybridized carbons (Fsp3) is 0.400. The first-order chi connectivity index (χ1) is 9.30. The lowest BCUT2D eigenvalue weighted by Crippen LogP contribution is -2.43. The summed E-state index contributed by atoms with van der Waals surface area (Å²) >= 11 is 0. The second-order valence-corrected chi connectivity index (χ2v) is 6.12. The average molecular weight is 272 g/mol. The average Bonchev–Trinajstić information content (AvgIpc) is 2.57. The topological polar surface area (TPSA) is 48.7 Å². The molecule has 5 heteroatoms. The van der Waals surface area contributed by atoms with Crippen LogP contribution in [0.5, 0.6) is 0 Å². The number of rotatable bonds is 1. The Balaban J connectivity index is 2.08. The van der Waals surface area contributed by atoms with Crippen molar-refractivity contribution < 1.29 is 13.7 Å². The summed E-state index contributed by atoms with van der Waals surface area (Å²) in [6.07, 6.45) is 0. The molecule has 0 bridgehead atoms. The van der Waals surface area contributed by atoms with Gasteiger partial charge in [-0.3, -0.25) is 0 Å². The van der Waals surface area contributed by atoms with Gasteiger partial charge in [0.05, 0.1) is 16.7 Å². The summed E-state index contributed by atoms with van der Waals surface area (Å²) in [6, 6.07) is 9.18. The first-order valence-corrected chi connectivity index (χ1v) is 6.69. The summed E-state index contributed by atoms with van der Waals surface area (Å²) in [6.45, 7) is 7.82. The maximum absolute atomic E-state index is 12.1. The molecule has 1 aliphatic heterocycles. The number of hydrogen-bond donors (Lipinski definition) is 0. The van der Waals surface area contributed by atoms with Crippen molar-refractivity contribution in [2.45, 2.75) is 38.9 Å². The molecule has 1 aliphatic rings. The molecule has 20 heavy (non-hydrogen) atoms. The van der Waals surface area contributed by atoms with E-state index in [4.69, 9.17) is 13.7 Å². The van der Waals surface area contributed by atoms with E-state index in [1.807, 2.05) is 45.9 Å². The second kappa shape index (κ2) is 4.20. The molecule has 0 unspecified atom stereocenters. The lowest BCUT2D eigenvalue weighted by atomic mass is 9.80. The van der Waals surface area contributed by atoms with Crippen LogP contribution in [-0.4, -0.2) is 18.3 Å². The fourth-order valence-electron chi connectivity index (χ4n) is 2.21. The maximum atomic E-state index is 12.1. The van der Waals surface area contributed by atoms with Crippen LogP contribution in [0.4, 0.5) is 0 Å². The van der Waals surface area contributed by atoms with E-state index < -0.39 is 23.9 Å². The van der Waals surface area contributed by atoms with Crippen molar-refractivity contribution in [3.63, 3.8) is 0 Å². The maximum Gasteiger partial charge on any atom is 0.502 e. The Morgan fingerprint density at radius 2 is 1.60 bits per heavy atom. The summed E-state index contributed by atoms with van der Waals surface area (Å²) in [5.74, 6) is 0. The van der Waals surface area contributed by atoms with Gasteiger partial charge in [0.1, 0.15) is 5.58 Å². The van der Waals surface area contributed by atoms with Crippen LogP contribution < -0.4 is 11.1 Å². The first kappa shape index (κ1) is 13.4. The highest BCUT2D eigenvalue weighted by molar-refractivity contribution is 6.62. The lowest BCUT2D eigenvalue weighted by molar-refractivity contribution is 0.00578. The van der Waals surface area contributed by atoms with Crippen molar-refractivity contribution in [3.8, 4) is 0 Å². The van der Waals surface area contributed by atoms with Gasteiger partial charge >= 0.3 is 12.7 Å². The molecule has 104 valence electrons. The highest BCUT2D eigenvalue weighted by Gasteiger charge is 2.52. The van der Waals surface area contributed by atoms with E-state index in [9.17, 15) is 4.79 Å². The molecule has 1 fully saturated rings. The van der Waals surface area contributed by atoms with E-state index in [0.29, 0.717) is 11.0 Å². The zero-order valence-electron chi connectivity index (χ0n) is 12.1. The lowest BCUT2D eigenvalue weighted by Gasteiger charge is -2.32. The number of benzene rings is 1. The van der Waals surface area contributed by atoms with E-state index in [1.54, 1.807) is 12.1 Å². The van der Waals surface area contributed by atoms with Gasteiger partial charge in [-0.25, -0.2) is 4.79 Å². The molecule has 1 saturated heterocycles. The van der Waals surface area contributed by atoms with Crippen LogP contribution >= 0.6 is 0 Å². The molecule has 1 aromatic heterocycles. The smallest absolute Gasteiger partial charge is 0.423 e. The molecule has 0 spiro atoms. The molecule has 0 atom stereocenters. The summed E-state index contributed by atoms with van der Waals surface area (Å²) in [5, 5.41) is 0.858. The Hall–Kier alpha value is -1.59. The molecular formula is C15H17BO4. The Labute approximate surface area is 117 Å². The minimum absolute atomic E-state index is 0.405. The van der Waals surface area contributed by atoms with Gasteiger partial charge in [-0.1, -0.05) is 18.2 Å². The largest absolute Gasteiger partial charge is 0.502 e. The van der Waals surface area contributed by atoms with Crippen LogP contribution in [0.1, 0.15) is 27.7 Å². The molecule has 0 aliphatic carbocycles. The Bertz CT molecular complexity index is 701. The van der Waals surface area contributed by atoms with Gasteiger partial charge in [-0.05, 0) is 39.8 Å². The van der Waals surface area contributed by atoms with Crippen molar-refractivity contribution in [2.75, 3.05) is 0 Å². The van der Waals surface area contributed by atoms with Crippen LogP contribution in [0, 0.1) is 0 Å². The zero-order chi connectivity index (χ0) is 14.5. The zero-order valence-corrected chi connectivity index (χ0v) is 12.1. The normalized spacial score (nSPS) is 20.5. The van der Waals surface area contributed by atoms with E-state index in [2.05, 4.69) is 0 Å². The summed E-state index contributed by atoms with van der Waals surface area (Å²) in [4.78, 5) is 12.1. The molecule has 0 radical (unpaired) electrons. The molecule has 2 heterocycles. The van der Waals surface area contributed by atoms with E-state index in [-0.39, 0.29) is 0 Å². The standard InChI is InChI=1S/C15H17BO4/c1-14(2)15(3,4)20-16(19-14)11-9-10-7-5-6-8-12(10)18-13(11)17/h5-9H,1-4H3. The van der Waals surface area contributed by atoms with Crippen molar-refractivity contribution in [1.29, 1.82) is 0 Å². The molecule has 0 saturated carbocycles. The molecule has 4 nitrogen and oxygen atoms in total. The number of fused-ring (bicyclic) bond motifs is 1. The summed E-state index contributed by atoms with van der Waals surface area (Å²) in [7, 11) is -0.694. The van der Waals surface area contributed by atoms with Crippen molar-refractivity contribution in [2.24, 2.45) is 0 Å².